The van der Waals surface area contributed by atoms with Crippen LogP contribution in [0.15, 0.2) is 23.4 Å². The molecule has 0 unspecified atom stereocenters. The normalized spacial score (nSPS) is 12.1. The molecule has 1 aromatic carbocycles. The number of aryl methyl sites for hydroxylation is 1. The van der Waals surface area contributed by atoms with E-state index in [1.54, 1.807) is 12.1 Å². The van der Waals surface area contributed by atoms with Crippen LogP contribution < -0.4 is 0 Å². The molecule has 0 aliphatic heterocycles. The molecule has 0 aliphatic rings. The van der Waals surface area contributed by atoms with Crippen LogP contribution in [0, 0.1) is 18.7 Å². The van der Waals surface area contributed by atoms with Gasteiger partial charge < -0.3 is 0 Å². The van der Waals surface area contributed by atoms with Gasteiger partial charge in [-0.2, -0.15) is 0 Å². The van der Waals surface area contributed by atoms with Gasteiger partial charge in [-0.1, -0.05) is 25.5 Å². The Hall–Kier alpha value is -1.47. The first-order chi connectivity index (χ1) is 9.70. The molecule has 2 aromatic rings. The van der Waals surface area contributed by atoms with Gasteiger partial charge >= 0.3 is 0 Å². The summed E-state index contributed by atoms with van der Waals surface area (Å²) >= 11 is 0. The van der Waals surface area contributed by atoms with E-state index >= 15 is 0 Å². The molecule has 0 saturated carbocycles. The lowest BCUT2D eigenvalue weighted by atomic mass is 10.1. The molecule has 0 bridgehead atoms. The second-order valence-electron chi connectivity index (χ2n) is 5.23. The number of hydrogen-bond acceptors (Lipinski definition) is 4. The summed E-state index contributed by atoms with van der Waals surface area (Å²) in [5.41, 5.74) is 1.04. The number of benzene rings is 1. The van der Waals surface area contributed by atoms with Gasteiger partial charge in [0, 0.05) is 17.2 Å². The predicted molar refractivity (Wildman–Crippen MR) is 78.0 cm³/mol. The van der Waals surface area contributed by atoms with Crippen molar-refractivity contribution in [2.24, 2.45) is 5.92 Å². The Kier molecular flexibility index (Phi) is 4.34. The van der Waals surface area contributed by atoms with Crippen LogP contribution in [0.1, 0.15) is 19.4 Å². The van der Waals surface area contributed by atoms with E-state index < -0.39 is 14.9 Å². The Labute approximate surface area is 127 Å². The lowest BCUT2D eigenvalue weighted by molar-refractivity contribution is 0.487. The Morgan fingerprint density at radius 2 is 2.00 bits per heavy atom. The Morgan fingerprint density at radius 3 is 2.57 bits per heavy atom. The minimum absolute atomic E-state index is 0.116. The molecule has 5 nitrogen and oxygen atoms in total. The summed E-state index contributed by atoms with van der Waals surface area (Å²) in [6, 6.07) is 4.54. The Morgan fingerprint density at radius 1 is 1.33 bits per heavy atom. The molecule has 1 heterocycles. The highest BCUT2D eigenvalue weighted by atomic mass is 35.7. The molecule has 0 saturated heterocycles. The molecule has 2 rings (SSSR count). The molecule has 0 radical (unpaired) electrons. The van der Waals surface area contributed by atoms with E-state index in [1.165, 1.54) is 10.6 Å². The topological polar surface area (TPSA) is 64.8 Å². The van der Waals surface area contributed by atoms with Gasteiger partial charge in [0.1, 0.15) is 5.82 Å². The van der Waals surface area contributed by atoms with Gasteiger partial charge in [0.2, 0.25) is 0 Å². The molecular formula is C13H15ClFN3O2S. The first kappa shape index (κ1) is 15.9. The fourth-order valence-corrected chi connectivity index (χ4v) is 2.91. The Bertz CT molecular complexity index is 772. The molecule has 0 spiro atoms. The van der Waals surface area contributed by atoms with Crippen molar-refractivity contribution in [2.45, 2.75) is 32.5 Å². The number of hydrogen-bond donors (Lipinski definition) is 0. The van der Waals surface area contributed by atoms with Crippen molar-refractivity contribution in [1.29, 1.82) is 0 Å². The van der Waals surface area contributed by atoms with Gasteiger partial charge in [-0.15, -0.1) is 10.2 Å². The van der Waals surface area contributed by atoms with E-state index in [0.29, 0.717) is 6.54 Å². The minimum Gasteiger partial charge on any atom is -0.296 e. The van der Waals surface area contributed by atoms with E-state index in [9.17, 15) is 12.8 Å². The van der Waals surface area contributed by atoms with Gasteiger partial charge in [-0.3, -0.25) is 4.57 Å². The van der Waals surface area contributed by atoms with Crippen molar-refractivity contribution >= 4 is 19.7 Å². The summed E-state index contributed by atoms with van der Waals surface area (Å²) in [6.45, 7) is 5.93. The van der Waals surface area contributed by atoms with Crippen molar-refractivity contribution in [3.05, 3.63) is 29.6 Å². The van der Waals surface area contributed by atoms with E-state index in [-0.39, 0.29) is 22.5 Å². The second-order valence-corrected chi connectivity index (χ2v) is 7.69. The van der Waals surface area contributed by atoms with Gasteiger partial charge in [0.15, 0.2) is 5.82 Å². The summed E-state index contributed by atoms with van der Waals surface area (Å²) in [5.74, 6) is -0.217. The zero-order valence-electron chi connectivity index (χ0n) is 11.8. The van der Waals surface area contributed by atoms with Crippen LogP contribution in [0.3, 0.4) is 0 Å². The molecule has 114 valence electrons. The maximum atomic E-state index is 14.0. The van der Waals surface area contributed by atoms with Crippen LogP contribution in [0.4, 0.5) is 4.39 Å². The zero-order valence-corrected chi connectivity index (χ0v) is 13.4. The number of rotatable bonds is 4. The Balaban J connectivity index is 2.69. The first-order valence-electron chi connectivity index (χ1n) is 6.34. The van der Waals surface area contributed by atoms with Crippen molar-refractivity contribution in [1.82, 2.24) is 14.8 Å². The molecule has 8 heteroatoms. The third kappa shape index (κ3) is 3.41. The number of nitrogens with zero attached hydrogens (tertiary/aromatic N) is 3. The van der Waals surface area contributed by atoms with Gasteiger partial charge in [-0.05, 0) is 25.0 Å². The summed E-state index contributed by atoms with van der Waals surface area (Å²) in [7, 11) is 1.32. The summed E-state index contributed by atoms with van der Waals surface area (Å²) in [6.07, 6.45) is 0. The van der Waals surface area contributed by atoms with Crippen LogP contribution >= 0.6 is 10.7 Å². The number of aromatic nitrogens is 3. The fraction of sp³-hybridized carbons (Fsp3) is 0.385. The third-order valence-corrected chi connectivity index (χ3v) is 4.00. The van der Waals surface area contributed by atoms with Crippen molar-refractivity contribution in [2.75, 3.05) is 0 Å². The largest absolute Gasteiger partial charge is 0.296 e. The van der Waals surface area contributed by atoms with Gasteiger partial charge in [0.05, 0.1) is 5.56 Å². The smallest absolute Gasteiger partial charge is 0.296 e. The van der Waals surface area contributed by atoms with Crippen LogP contribution in [0.25, 0.3) is 11.4 Å². The molecule has 0 amide bonds. The highest BCUT2D eigenvalue weighted by Gasteiger charge is 2.25. The average Bonchev–Trinajstić information content (AvgIpc) is 2.74. The monoisotopic (exact) mass is 331 g/mol. The quantitative estimate of drug-likeness (QED) is 0.808. The maximum Gasteiger partial charge on any atom is 0.296 e. The summed E-state index contributed by atoms with van der Waals surface area (Å²) in [4.78, 5) is 0. The lowest BCUT2D eigenvalue weighted by Gasteiger charge is -2.12. The lowest BCUT2D eigenvalue weighted by Crippen LogP contribution is -2.12. The number of halogens is 2. The van der Waals surface area contributed by atoms with Gasteiger partial charge in [-0.25, -0.2) is 12.8 Å². The standard InChI is InChI=1S/C13H15ClFN3O2S/c1-8(2)7-18-12(16-17-13(18)21(14,19)20)10-6-9(3)4-5-11(10)15/h4-6,8H,7H2,1-3H3. The third-order valence-electron chi connectivity index (χ3n) is 2.85. The van der Waals surface area contributed by atoms with E-state index in [1.807, 2.05) is 20.8 Å². The van der Waals surface area contributed by atoms with Crippen molar-refractivity contribution in [3.8, 4) is 11.4 Å². The maximum absolute atomic E-state index is 14.0. The zero-order chi connectivity index (χ0) is 15.8. The highest BCUT2D eigenvalue weighted by Crippen LogP contribution is 2.26. The molecule has 21 heavy (non-hydrogen) atoms. The molecular weight excluding hydrogens is 317 g/mol. The van der Waals surface area contributed by atoms with E-state index in [4.69, 9.17) is 10.7 Å². The SMILES string of the molecule is Cc1ccc(F)c(-c2nnc(S(=O)(=O)Cl)n2CC(C)C)c1. The van der Waals surface area contributed by atoms with E-state index in [2.05, 4.69) is 10.2 Å². The highest BCUT2D eigenvalue weighted by molar-refractivity contribution is 8.13. The van der Waals surface area contributed by atoms with Crippen molar-refractivity contribution < 1.29 is 12.8 Å². The summed E-state index contributed by atoms with van der Waals surface area (Å²) < 4.78 is 38.5. The first-order valence-corrected chi connectivity index (χ1v) is 8.65. The predicted octanol–water partition coefficient (Wildman–Crippen LogP) is 2.98. The van der Waals surface area contributed by atoms with Crippen molar-refractivity contribution in [3.63, 3.8) is 0 Å². The fourth-order valence-electron chi connectivity index (χ4n) is 2.01. The van der Waals surface area contributed by atoms with Crippen LogP contribution in [0.5, 0.6) is 0 Å². The molecule has 0 N–H and O–H groups in total. The average molecular weight is 332 g/mol. The van der Waals surface area contributed by atoms with Gasteiger partial charge in [0.25, 0.3) is 14.2 Å². The molecule has 0 aliphatic carbocycles. The minimum atomic E-state index is -4.05. The summed E-state index contributed by atoms with van der Waals surface area (Å²) in [5, 5.41) is 7.06. The van der Waals surface area contributed by atoms with Crippen LogP contribution in [-0.4, -0.2) is 23.2 Å². The molecule has 0 fully saturated rings. The van der Waals surface area contributed by atoms with Crippen LogP contribution in [0.2, 0.25) is 0 Å². The van der Waals surface area contributed by atoms with Crippen LogP contribution in [-0.2, 0) is 15.6 Å². The molecule has 0 atom stereocenters. The molecule has 1 aromatic heterocycles. The second kappa shape index (κ2) is 5.73. The van der Waals surface area contributed by atoms with E-state index in [0.717, 1.165) is 5.56 Å².